The molecule has 8 heteroatoms. The number of carbonyl (C=O) groups excluding carboxylic acids is 3. The van der Waals surface area contributed by atoms with Crippen LogP contribution < -0.4 is 0 Å². The van der Waals surface area contributed by atoms with Crippen molar-refractivity contribution in [2.24, 2.45) is 0 Å². The van der Waals surface area contributed by atoms with Crippen LogP contribution in [0.5, 0.6) is 0 Å². The average molecular weight is 316 g/mol. The SMILES string of the molecule is CCOC(=O)CN(CCN1CCOCC1=O)CC(=O)OCC. The molecule has 8 nitrogen and oxygen atoms in total. The molecule has 0 aromatic heterocycles. The standard InChI is InChI=1S/C14H24N2O6/c1-3-21-13(18)9-15(10-14(19)22-4-2)5-6-16-7-8-20-11-12(16)17/h3-11H2,1-2H3. The number of rotatable bonds is 9. The lowest BCUT2D eigenvalue weighted by Gasteiger charge is -2.29. The van der Waals surface area contributed by atoms with Crippen LogP contribution in [0.1, 0.15) is 13.8 Å². The van der Waals surface area contributed by atoms with Crippen molar-refractivity contribution < 1.29 is 28.6 Å². The summed E-state index contributed by atoms with van der Waals surface area (Å²) in [6, 6.07) is 0. The normalized spacial score (nSPS) is 15.0. The number of esters is 2. The van der Waals surface area contributed by atoms with Gasteiger partial charge in [0.1, 0.15) is 6.61 Å². The minimum absolute atomic E-state index is 0.00875. The van der Waals surface area contributed by atoms with Crippen LogP contribution in [0.4, 0.5) is 0 Å². The zero-order chi connectivity index (χ0) is 16.4. The van der Waals surface area contributed by atoms with Gasteiger partial charge in [-0.05, 0) is 13.8 Å². The molecular formula is C14H24N2O6. The summed E-state index contributed by atoms with van der Waals surface area (Å²) in [6.07, 6.45) is 0. The van der Waals surface area contributed by atoms with Crippen molar-refractivity contribution in [1.29, 1.82) is 0 Å². The molecule has 0 aromatic rings. The van der Waals surface area contributed by atoms with Gasteiger partial charge in [0.25, 0.3) is 0 Å². The first kappa shape index (κ1) is 18.4. The molecule has 1 saturated heterocycles. The van der Waals surface area contributed by atoms with E-state index in [1.807, 2.05) is 0 Å². The number of ether oxygens (including phenoxy) is 3. The van der Waals surface area contributed by atoms with Crippen molar-refractivity contribution in [2.45, 2.75) is 13.8 Å². The Morgan fingerprint density at radius 2 is 1.77 bits per heavy atom. The summed E-state index contributed by atoms with van der Waals surface area (Å²) in [5, 5.41) is 0. The maximum absolute atomic E-state index is 11.7. The van der Waals surface area contributed by atoms with Crippen LogP contribution >= 0.6 is 0 Å². The molecule has 126 valence electrons. The summed E-state index contributed by atoms with van der Waals surface area (Å²) in [4.78, 5) is 38.1. The molecule has 1 heterocycles. The minimum Gasteiger partial charge on any atom is -0.465 e. The first-order valence-corrected chi connectivity index (χ1v) is 7.45. The van der Waals surface area contributed by atoms with Gasteiger partial charge in [-0.25, -0.2) is 0 Å². The molecule has 0 unspecified atom stereocenters. The Balaban J connectivity index is 2.50. The van der Waals surface area contributed by atoms with E-state index in [9.17, 15) is 14.4 Å². The molecule has 1 aliphatic rings. The number of hydrogen-bond donors (Lipinski definition) is 0. The fourth-order valence-corrected chi connectivity index (χ4v) is 2.04. The predicted octanol–water partition coefficient (Wildman–Crippen LogP) is -0.727. The van der Waals surface area contributed by atoms with E-state index in [-0.39, 0.29) is 38.8 Å². The molecule has 0 radical (unpaired) electrons. The molecule has 0 atom stereocenters. The summed E-state index contributed by atoms with van der Waals surface area (Å²) in [5.74, 6) is -0.890. The van der Waals surface area contributed by atoms with Gasteiger partial charge < -0.3 is 19.1 Å². The summed E-state index contributed by atoms with van der Waals surface area (Å²) in [7, 11) is 0. The van der Waals surface area contributed by atoms with Crippen LogP contribution in [0.3, 0.4) is 0 Å². The van der Waals surface area contributed by atoms with Crippen LogP contribution in [0.2, 0.25) is 0 Å². The zero-order valence-electron chi connectivity index (χ0n) is 13.2. The lowest BCUT2D eigenvalue weighted by Crippen LogP contribution is -2.47. The third-order valence-electron chi connectivity index (χ3n) is 3.09. The Bertz CT molecular complexity index is 368. The second-order valence-electron chi connectivity index (χ2n) is 4.75. The predicted molar refractivity (Wildman–Crippen MR) is 77.1 cm³/mol. The van der Waals surface area contributed by atoms with E-state index in [0.717, 1.165) is 0 Å². The van der Waals surface area contributed by atoms with Crippen molar-refractivity contribution in [2.75, 3.05) is 59.2 Å². The molecule has 1 fully saturated rings. The summed E-state index contributed by atoms with van der Waals surface area (Å²) < 4.78 is 14.8. The van der Waals surface area contributed by atoms with Gasteiger partial charge in [0.2, 0.25) is 5.91 Å². The van der Waals surface area contributed by atoms with Crippen LogP contribution in [-0.2, 0) is 28.6 Å². The number of nitrogens with zero attached hydrogens (tertiary/aromatic N) is 2. The second-order valence-corrected chi connectivity index (χ2v) is 4.75. The van der Waals surface area contributed by atoms with Crippen molar-refractivity contribution in [3.63, 3.8) is 0 Å². The van der Waals surface area contributed by atoms with E-state index in [0.29, 0.717) is 26.2 Å². The van der Waals surface area contributed by atoms with Gasteiger partial charge in [-0.15, -0.1) is 0 Å². The number of amides is 1. The molecule has 0 bridgehead atoms. The van der Waals surface area contributed by atoms with Gasteiger partial charge in [0.05, 0.1) is 32.9 Å². The van der Waals surface area contributed by atoms with E-state index < -0.39 is 11.9 Å². The van der Waals surface area contributed by atoms with Gasteiger partial charge >= 0.3 is 11.9 Å². The van der Waals surface area contributed by atoms with Crippen molar-refractivity contribution in [1.82, 2.24) is 9.80 Å². The highest BCUT2D eigenvalue weighted by Crippen LogP contribution is 2.00. The van der Waals surface area contributed by atoms with Crippen LogP contribution in [0.25, 0.3) is 0 Å². The number of hydrogen-bond acceptors (Lipinski definition) is 7. The fraction of sp³-hybridized carbons (Fsp3) is 0.786. The topological polar surface area (TPSA) is 85.4 Å². The molecule has 0 N–H and O–H groups in total. The van der Waals surface area contributed by atoms with Crippen LogP contribution in [0, 0.1) is 0 Å². The summed E-state index contributed by atoms with van der Waals surface area (Å²) >= 11 is 0. The van der Waals surface area contributed by atoms with Gasteiger partial charge in [-0.2, -0.15) is 0 Å². The van der Waals surface area contributed by atoms with E-state index in [1.54, 1.807) is 23.6 Å². The molecular weight excluding hydrogens is 292 g/mol. The molecule has 0 aromatic carbocycles. The van der Waals surface area contributed by atoms with E-state index >= 15 is 0 Å². The Kier molecular flexibility index (Phi) is 8.46. The quantitative estimate of drug-likeness (QED) is 0.519. The molecule has 0 saturated carbocycles. The Morgan fingerprint density at radius 1 is 1.18 bits per heavy atom. The second kappa shape index (κ2) is 10.1. The highest BCUT2D eigenvalue weighted by Gasteiger charge is 2.21. The van der Waals surface area contributed by atoms with Crippen LogP contribution in [0.15, 0.2) is 0 Å². The molecule has 1 amide bonds. The van der Waals surface area contributed by atoms with Crippen molar-refractivity contribution >= 4 is 17.8 Å². The first-order chi connectivity index (χ1) is 10.6. The highest BCUT2D eigenvalue weighted by atomic mass is 16.5. The van der Waals surface area contributed by atoms with Gasteiger partial charge in [-0.3, -0.25) is 19.3 Å². The monoisotopic (exact) mass is 316 g/mol. The number of morpholine rings is 1. The number of carbonyl (C=O) groups is 3. The lowest BCUT2D eigenvalue weighted by molar-refractivity contribution is -0.148. The van der Waals surface area contributed by atoms with E-state index in [4.69, 9.17) is 14.2 Å². The molecule has 0 spiro atoms. The van der Waals surface area contributed by atoms with Crippen LogP contribution in [-0.4, -0.2) is 86.8 Å². The third kappa shape index (κ3) is 6.86. The molecule has 1 aliphatic heterocycles. The molecule has 1 rings (SSSR count). The molecule has 0 aliphatic carbocycles. The van der Waals surface area contributed by atoms with Crippen molar-refractivity contribution in [3.8, 4) is 0 Å². The third-order valence-corrected chi connectivity index (χ3v) is 3.09. The Labute approximate surface area is 130 Å². The van der Waals surface area contributed by atoms with E-state index in [1.165, 1.54) is 0 Å². The lowest BCUT2D eigenvalue weighted by atomic mass is 10.3. The fourth-order valence-electron chi connectivity index (χ4n) is 2.04. The van der Waals surface area contributed by atoms with Gasteiger partial charge in [0.15, 0.2) is 0 Å². The molecule has 22 heavy (non-hydrogen) atoms. The van der Waals surface area contributed by atoms with Gasteiger partial charge in [0, 0.05) is 19.6 Å². The maximum Gasteiger partial charge on any atom is 0.320 e. The van der Waals surface area contributed by atoms with Gasteiger partial charge in [-0.1, -0.05) is 0 Å². The zero-order valence-corrected chi connectivity index (χ0v) is 13.2. The smallest absolute Gasteiger partial charge is 0.320 e. The summed E-state index contributed by atoms with van der Waals surface area (Å²) in [6.45, 7) is 5.92. The Hall–Kier alpha value is -1.67. The average Bonchev–Trinajstić information content (AvgIpc) is 2.46. The minimum atomic E-state index is -0.403. The first-order valence-electron chi connectivity index (χ1n) is 7.45. The Morgan fingerprint density at radius 3 is 2.27 bits per heavy atom. The van der Waals surface area contributed by atoms with Crippen molar-refractivity contribution in [3.05, 3.63) is 0 Å². The largest absolute Gasteiger partial charge is 0.465 e. The summed E-state index contributed by atoms with van der Waals surface area (Å²) in [5.41, 5.74) is 0. The van der Waals surface area contributed by atoms with E-state index in [2.05, 4.69) is 0 Å². The highest BCUT2D eigenvalue weighted by molar-refractivity contribution is 5.78. The maximum atomic E-state index is 11.7.